The number of amides is 2. The summed E-state index contributed by atoms with van der Waals surface area (Å²) in [6, 6.07) is 23.6. The molecule has 2 N–H and O–H groups in total. The Labute approximate surface area is 206 Å². The van der Waals surface area contributed by atoms with Crippen LogP contribution in [0.2, 0.25) is 0 Å². The van der Waals surface area contributed by atoms with Gasteiger partial charge in [-0.25, -0.2) is 0 Å². The van der Waals surface area contributed by atoms with Gasteiger partial charge in [0.2, 0.25) is 11.8 Å². The molecule has 2 atom stereocenters. The van der Waals surface area contributed by atoms with Crippen molar-refractivity contribution in [2.45, 2.75) is 46.2 Å². The SMILES string of the molecule is CC(=O)N1c2ccc(-c3cccc(NC(=O)C(C)C)c3)cc2[C@H](Nc2ccc(C#N)cc2)C[C@@H]1C. The maximum Gasteiger partial charge on any atom is 0.226 e. The average Bonchev–Trinajstić information content (AvgIpc) is 2.84. The van der Waals surface area contributed by atoms with Gasteiger partial charge in [0.05, 0.1) is 17.7 Å². The number of hydrogen-bond acceptors (Lipinski definition) is 4. The molecule has 6 heteroatoms. The maximum atomic E-state index is 12.5. The van der Waals surface area contributed by atoms with Crippen molar-refractivity contribution in [1.29, 1.82) is 5.26 Å². The van der Waals surface area contributed by atoms with E-state index in [1.54, 1.807) is 19.1 Å². The van der Waals surface area contributed by atoms with Crippen LogP contribution in [-0.2, 0) is 9.59 Å². The minimum absolute atomic E-state index is 0.00712. The Bertz CT molecular complexity index is 1290. The van der Waals surface area contributed by atoms with Crippen LogP contribution in [0.25, 0.3) is 11.1 Å². The van der Waals surface area contributed by atoms with E-state index in [0.29, 0.717) is 5.56 Å². The van der Waals surface area contributed by atoms with Gasteiger partial charge in [0.15, 0.2) is 0 Å². The largest absolute Gasteiger partial charge is 0.378 e. The predicted molar refractivity (Wildman–Crippen MR) is 140 cm³/mol. The quantitative estimate of drug-likeness (QED) is 0.474. The van der Waals surface area contributed by atoms with Crippen molar-refractivity contribution in [3.05, 3.63) is 77.9 Å². The number of fused-ring (bicyclic) bond motifs is 1. The molecule has 0 radical (unpaired) electrons. The number of benzene rings is 3. The van der Waals surface area contributed by atoms with E-state index in [9.17, 15) is 9.59 Å². The summed E-state index contributed by atoms with van der Waals surface area (Å²) in [5, 5.41) is 15.7. The number of hydrogen-bond donors (Lipinski definition) is 2. The third-order valence-corrected chi connectivity index (χ3v) is 6.36. The average molecular weight is 467 g/mol. The Kier molecular flexibility index (Phi) is 6.88. The minimum Gasteiger partial charge on any atom is -0.378 e. The lowest BCUT2D eigenvalue weighted by molar-refractivity contribution is -0.119. The number of anilines is 3. The molecule has 0 unspecified atom stereocenters. The summed E-state index contributed by atoms with van der Waals surface area (Å²) in [6.45, 7) is 7.40. The fraction of sp³-hybridized carbons (Fsp3) is 0.276. The summed E-state index contributed by atoms with van der Waals surface area (Å²) < 4.78 is 0. The molecular formula is C29H30N4O2. The summed E-state index contributed by atoms with van der Waals surface area (Å²) in [5.74, 6) is -0.108. The minimum atomic E-state index is -0.101. The van der Waals surface area contributed by atoms with E-state index in [4.69, 9.17) is 5.26 Å². The third-order valence-electron chi connectivity index (χ3n) is 6.36. The van der Waals surface area contributed by atoms with E-state index < -0.39 is 0 Å². The van der Waals surface area contributed by atoms with Gasteiger partial charge in [0.1, 0.15) is 0 Å². The van der Waals surface area contributed by atoms with E-state index >= 15 is 0 Å². The van der Waals surface area contributed by atoms with Crippen LogP contribution >= 0.6 is 0 Å². The Morgan fingerprint density at radius 1 is 1.00 bits per heavy atom. The van der Waals surface area contributed by atoms with Gasteiger partial charge >= 0.3 is 0 Å². The molecule has 1 heterocycles. The number of nitrogens with one attached hydrogen (secondary N) is 2. The van der Waals surface area contributed by atoms with E-state index in [2.05, 4.69) is 29.7 Å². The summed E-state index contributed by atoms with van der Waals surface area (Å²) >= 11 is 0. The Balaban J connectivity index is 1.72. The van der Waals surface area contributed by atoms with E-state index in [-0.39, 0.29) is 29.8 Å². The van der Waals surface area contributed by atoms with Crippen molar-refractivity contribution in [1.82, 2.24) is 0 Å². The monoisotopic (exact) mass is 466 g/mol. The van der Waals surface area contributed by atoms with Gasteiger partial charge in [-0.1, -0.05) is 32.0 Å². The van der Waals surface area contributed by atoms with Crippen LogP contribution < -0.4 is 15.5 Å². The molecular weight excluding hydrogens is 436 g/mol. The second-order valence-electron chi connectivity index (χ2n) is 9.36. The van der Waals surface area contributed by atoms with Crippen molar-refractivity contribution in [3.63, 3.8) is 0 Å². The topological polar surface area (TPSA) is 85.2 Å². The first-order valence-electron chi connectivity index (χ1n) is 11.9. The van der Waals surface area contributed by atoms with Crippen LogP contribution in [-0.4, -0.2) is 17.9 Å². The van der Waals surface area contributed by atoms with Gasteiger partial charge < -0.3 is 15.5 Å². The Hall–Kier alpha value is -4.11. The zero-order chi connectivity index (χ0) is 25.1. The zero-order valence-electron chi connectivity index (χ0n) is 20.5. The van der Waals surface area contributed by atoms with Crippen LogP contribution in [0.15, 0.2) is 66.7 Å². The van der Waals surface area contributed by atoms with Gasteiger partial charge in [-0.15, -0.1) is 0 Å². The van der Waals surface area contributed by atoms with Crippen molar-refractivity contribution in [3.8, 4) is 17.2 Å². The lowest BCUT2D eigenvalue weighted by atomic mass is 9.88. The molecule has 3 aromatic rings. The first kappa shape index (κ1) is 24.0. The number of rotatable bonds is 5. The molecule has 1 aliphatic rings. The van der Waals surface area contributed by atoms with Gasteiger partial charge in [0, 0.05) is 35.9 Å². The Morgan fingerprint density at radius 2 is 1.71 bits per heavy atom. The molecule has 0 saturated heterocycles. The fourth-order valence-corrected chi connectivity index (χ4v) is 4.57. The molecule has 2 amide bonds. The molecule has 3 aromatic carbocycles. The summed E-state index contributed by atoms with van der Waals surface area (Å²) in [5.41, 5.74) is 6.22. The van der Waals surface area contributed by atoms with Crippen LogP contribution in [0, 0.1) is 17.2 Å². The van der Waals surface area contributed by atoms with Gasteiger partial charge in [-0.05, 0) is 78.6 Å². The molecule has 6 nitrogen and oxygen atoms in total. The van der Waals surface area contributed by atoms with Crippen LogP contribution in [0.4, 0.5) is 17.1 Å². The molecule has 4 rings (SSSR count). The highest BCUT2D eigenvalue weighted by Gasteiger charge is 2.32. The van der Waals surface area contributed by atoms with Gasteiger partial charge in [0.25, 0.3) is 0 Å². The lowest BCUT2D eigenvalue weighted by Crippen LogP contribution is -2.43. The maximum absolute atomic E-state index is 12.5. The van der Waals surface area contributed by atoms with E-state index in [1.165, 1.54) is 0 Å². The summed E-state index contributed by atoms with van der Waals surface area (Å²) in [4.78, 5) is 26.5. The molecule has 0 saturated carbocycles. The summed E-state index contributed by atoms with van der Waals surface area (Å²) in [7, 11) is 0. The van der Waals surface area contributed by atoms with Crippen molar-refractivity contribution in [2.75, 3.05) is 15.5 Å². The first-order valence-corrected chi connectivity index (χ1v) is 11.9. The van der Waals surface area contributed by atoms with Crippen LogP contribution in [0.3, 0.4) is 0 Å². The highest BCUT2D eigenvalue weighted by Crippen LogP contribution is 2.41. The Morgan fingerprint density at radius 3 is 2.37 bits per heavy atom. The van der Waals surface area contributed by atoms with Crippen molar-refractivity contribution < 1.29 is 9.59 Å². The van der Waals surface area contributed by atoms with E-state index in [1.807, 2.05) is 67.3 Å². The van der Waals surface area contributed by atoms with E-state index in [0.717, 1.165) is 40.2 Å². The number of nitrogens with zero attached hydrogens (tertiary/aromatic N) is 2. The predicted octanol–water partition coefficient (Wildman–Crippen LogP) is 6.12. The molecule has 35 heavy (non-hydrogen) atoms. The van der Waals surface area contributed by atoms with Crippen molar-refractivity contribution in [2.24, 2.45) is 5.92 Å². The molecule has 0 aliphatic carbocycles. The fourth-order valence-electron chi connectivity index (χ4n) is 4.57. The van der Waals surface area contributed by atoms with Gasteiger partial charge in [-0.2, -0.15) is 5.26 Å². The molecule has 1 aliphatic heterocycles. The standard InChI is InChI=1S/C29H30N4O2/c1-18(2)29(35)32-25-7-5-6-22(15-25)23-10-13-28-26(16-23)27(14-19(3)33(28)20(4)34)31-24-11-8-21(17-30)9-12-24/h5-13,15-16,18-19,27,31H,14H2,1-4H3,(H,32,35)/t19-,27+/m0/s1. The highest BCUT2D eigenvalue weighted by atomic mass is 16.2. The summed E-state index contributed by atoms with van der Waals surface area (Å²) in [6.07, 6.45) is 0.751. The smallest absolute Gasteiger partial charge is 0.226 e. The highest BCUT2D eigenvalue weighted by molar-refractivity contribution is 5.95. The first-order chi connectivity index (χ1) is 16.8. The molecule has 0 spiro atoms. The lowest BCUT2D eigenvalue weighted by Gasteiger charge is -2.39. The molecule has 178 valence electrons. The molecule has 0 fully saturated rings. The number of nitriles is 1. The zero-order valence-corrected chi connectivity index (χ0v) is 20.5. The van der Waals surface area contributed by atoms with Crippen molar-refractivity contribution >= 4 is 28.9 Å². The normalized spacial score (nSPS) is 16.9. The molecule has 0 aromatic heterocycles. The second-order valence-corrected chi connectivity index (χ2v) is 9.36. The van der Waals surface area contributed by atoms with Gasteiger partial charge in [-0.3, -0.25) is 9.59 Å². The van der Waals surface area contributed by atoms with Crippen LogP contribution in [0.1, 0.15) is 51.3 Å². The number of carbonyl (C=O) groups is 2. The van der Waals surface area contributed by atoms with Crippen LogP contribution in [0.5, 0.6) is 0 Å². The number of carbonyl (C=O) groups excluding carboxylic acids is 2. The molecule has 0 bridgehead atoms. The third kappa shape index (κ3) is 5.20. The second kappa shape index (κ2) is 10.0.